The quantitative estimate of drug-likeness (QED) is 0.866. The third kappa shape index (κ3) is 3.03. The van der Waals surface area contributed by atoms with Crippen LogP contribution in [0.15, 0.2) is 6.20 Å². The summed E-state index contributed by atoms with van der Waals surface area (Å²) in [6.45, 7) is 4.82. The van der Waals surface area contributed by atoms with E-state index in [4.69, 9.17) is 0 Å². The molecule has 1 aliphatic rings. The minimum atomic E-state index is -0.111. The lowest BCUT2D eigenvalue weighted by molar-refractivity contribution is 0.244. The van der Waals surface area contributed by atoms with Crippen molar-refractivity contribution < 1.29 is 4.79 Å². The van der Waals surface area contributed by atoms with Crippen molar-refractivity contribution in [3.8, 4) is 0 Å². The molecule has 1 saturated carbocycles. The average molecular weight is 250 g/mol. The molecule has 0 bridgehead atoms. The maximum absolute atomic E-state index is 11.9. The highest BCUT2D eigenvalue weighted by molar-refractivity contribution is 5.89. The standard InChI is InChI=1S/C13H22N4O/c1-3-17-10(2)12(9-14-17)16-13(18)15-11-7-5-4-6-8-11/h9,11H,3-8H2,1-2H3,(H2,15,16,18). The van der Waals surface area contributed by atoms with E-state index in [1.807, 2.05) is 18.5 Å². The second-order valence-electron chi connectivity index (χ2n) is 4.89. The van der Waals surface area contributed by atoms with Crippen molar-refractivity contribution in [2.75, 3.05) is 5.32 Å². The molecule has 1 fully saturated rings. The molecular formula is C13H22N4O. The number of urea groups is 1. The highest BCUT2D eigenvalue weighted by Gasteiger charge is 2.16. The number of rotatable bonds is 3. The number of hydrogen-bond acceptors (Lipinski definition) is 2. The van der Waals surface area contributed by atoms with Crippen molar-refractivity contribution in [3.63, 3.8) is 0 Å². The van der Waals surface area contributed by atoms with E-state index in [-0.39, 0.29) is 6.03 Å². The van der Waals surface area contributed by atoms with Crippen LogP contribution in [0.2, 0.25) is 0 Å². The Labute approximate surface area is 108 Å². The fourth-order valence-electron chi connectivity index (χ4n) is 2.48. The van der Waals surface area contributed by atoms with Crippen LogP contribution in [-0.4, -0.2) is 21.9 Å². The molecule has 5 nitrogen and oxygen atoms in total. The highest BCUT2D eigenvalue weighted by atomic mass is 16.2. The van der Waals surface area contributed by atoms with Gasteiger partial charge < -0.3 is 10.6 Å². The summed E-state index contributed by atoms with van der Waals surface area (Å²) in [6.07, 6.45) is 7.64. The lowest BCUT2D eigenvalue weighted by Gasteiger charge is -2.22. The van der Waals surface area contributed by atoms with Crippen LogP contribution < -0.4 is 10.6 Å². The monoisotopic (exact) mass is 250 g/mol. The molecule has 0 aliphatic heterocycles. The Morgan fingerprint density at radius 1 is 1.44 bits per heavy atom. The largest absolute Gasteiger partial charge is 0.335 e. The Kier molecular flexibility index (Phi) is 4.23. The molecule has 100 valence electrons. The second kappa shape index (κ2) is 5.89. The predicted molar refractivity (Wildman–Crippen MR) is 71.7 cm³/mol. The van der Waals surface area contributed by atoms with Crippen molar-refractivity contribution in [1.29, 1.82) is 0 Å². The van der Waals surface area contributed by atoms with Crippen molar-refractivity contribution >= 4 is 11.7 Å². The smallest absolute Gasteiger partial charge is 0.319 e. The van der Waals surface area contributed by atoms with E-state index in [0.29, 0.717) is 6.04 Å². The third-order valence-corrected chi connectivity index (χ3v) is 3.59. The van der Waals surface area contributed by atoms with Crippen LogP contribution in [0.3, 0.4) is 0 Å². The molecule has 0 saturated heterocycles. The number of hydrogen-bond donors (Lipinski definition) is 2. The fraction of sp³-hybridized carbons (Fsp3) is 0.692. The molecule has 1 aromatic rings. The summed E-state index contributed by atoms with van der Waals surface area (Å²) in [5, 5.41) is 10.1. The number of carbonyl (C=O) groups is 1. The molecular weight excluding hydrogens is 228 g/mol. The molecule has 2 N–H and O–H groups in total. The predicted octanol–water partition coefficient (Wildman–Crippen LogP) is 2.67. The Morgan fingerprint density at radius 2 is 2.17 bits per heavy atom. The van der Waals surface area contributed by atoms with Crippen molar-refractivity contribution in [2.45, 2.75) is 58.5 Å². The third-order valence-electron chi connectivity index (χ3n) is 3.59. The van der Waals surface area contributed by atoms with Gasteiger partial charge in [0.25, 0.3) is 0 Å². The summed E-state index contributed by atoms with van der Waals surface area (Å²) in [6, 6.07) is 0.223. The first-order valence-corrected chi connectivity index (χ1v) is 6.80. The van der Waals surface area contributed by atoms with Gasteiger partial charge in [-0.25, -0.2) is 4.79 Å². The molecule has 1 aliphatic carbocycles. The topological polar surface area (TPSA) is 59.0 Å². The van der Waals surface area contributed by atoms with E-state index in [1.54, 1.807) is 6.20 Å². The van der Waals surface area contributed by atoms with E-state index < -0.39 is 0 Å². The maximum Gasteiger partial charge on any atom is 0.319 e. The van der Waals surface area contributed by atoms with Gasteiger partial charge in [0.2, 0.25) is 0 Å². The molecule has 18 heavy (non-hydrogen) atoms. The SMILES string of the molecule is CCn1ncc(NC(=O)NC2CCCCC2)c1C. The molecule has 2 rings (SSSR count). The van der Waals surface area contributed by atoms with Crippen LogP contribution in [0.4, 0.5) is 10.5 Å². The zero-order valence-corrected chi connectivity index (χ0v) is 11.2. The first-order chi connectivity index (χ1) is 8.70. The second-order valence-corrected chi connectivity index (χ2v) is 4.89. The van der Waals surface area contributed by atoms with E-state index in [9.17, 15) is 4.79 Å². The van der Waals surface area contributed by atoms with Crippen molar-refractivity contribution in [1.82, 2.24) is 15.1 Å². The Balaban J connectivity index is 1.88. The van der Waals surface area contributed by atoms with Gasteiger partial charge in [0.05, 0.1) is 17.6 Å². The normalized spacial score (nSPS) is 16.6. The first-order valence-electron chi connectivity index (χ1n) is 6.80. The van der Waals surface area contributed by atoms with Crippen molar-refractivity contribution in [3.05, 3.63) is 11.9 Å². The molecule has 0 spiro atoms. The molecule has 0 radical (unpaired) electrons. The Morgan fingerprint density at radius 3 is 2.78 bits per heavy atom. The first kappa shape index (κ1) is 12.9. The molecule has 0 aromatic carbocycles. The summed E-state index contributed by atoms with van der Waals surface area (Å²) in [7, 11) is 0. The number of carbonyl (C=O) groups excluding carboxylic acids is 1. The van der Waals surface area contributed by atoms with Crippen LogP contribution in [-0.2, 0) is 6.54 Å². The molecule has 1 aromatic heterocycles. The lowest BCUT2D eigenvalue weighted by Crippen LogP contribution is -2.39. The van der Waals surface area contributed by atoms with E-state index >= 15 is 0 Å². The number of amides is 2. The van der Waals surface area contributed by atoms with E-state index in [2.05, 4.69) is 15.7 Å². The number of anilines is 1. The lowest BCUT2D eigenvalue weighted by atomic mass is 9.96. The van der Waals surface area contributed by atoms with Gasteiger partial charge in [-0.05, 0) is 26.7 Å². The molecule has 0 unspecified atom stereocenters. The number of nitrogens with zero attached hydrogens (tertiary/aromatic N) is 2. The number of nitrogens with one attached hydrogen (secondary N) is 2. The maximum atomic E-state index is 11.9. The van der Waals surface area contributed by atoms with Gasteiger partial charge in [-0.1, -0.05) is 19.3 Å². The van der Waals surface area contributed by atoms with Gasteiger partial charge in [0.15, 0.2) is 0 Å². The number of aromatic nitrogens is 2. The minimum Gasteiger partial charge on any atom is -0.335 e. The van der Waals surface area contributed by atoms with Crippen LogP contribution in [0, 0.1) is 6.92 Å². The summed E-state index contributed by atoms with van der Waals surface area (Å²) in [4.78, 5) is 11.9. The molecule has 5 heteroatoms. The van der Waals surface area contributed by atoms with Crippen molar-refractivity contribution in [2.24, 2.45) is 0 Å². The van der Waals surface area contributed by atoms with Crippen LogP contribution in [0.5, 0.6) is 0 Å². The van der Waals surface area contributed by atoms with Crippen LogP contribution in [0.1, 0.15) is 44.7 Å². The summed E-state index contributed by atoms with van der Waals surface area (Å²) < 4.78 is 1.87. The van der Waals surface area contributed by atoms with E-state index in [1.165, 1.54) is 19.3 Å². The summed E-state index contributed by atoms with van der Waals surface area (Å²) in [5.41, 5.74) is 1.79. The van der Waals surface area contributed by atoms with Gasteiger partial charge in [-0.3, -0.25) is 4.68 Å². The number of aryl methyl sites for hydroxylation is 1. The molecule has 1 heterocycles. The minimum absolute atomic E-state index is 0.111. The zero-order chi connectivity index (χ0) is 13.0. The van der Waals surface area contributed by atoms with Gasteiger partial charge in [-0.15, -0.1) is 0 Å². The van der Waals surface area contributed by atoms with Crippen LogP contribution in [0.25, 0.3) is 0 Å². The summed E-state index contributed by atoms with van der Waals surface area (Å²) in [5.74, 6) is 0. The van der Waals surface area contributed by atoms with Gasteiger partial charge in [-0.2, -0.15) is 5.10 Å². The van der Waals surface area contributed by atoms with Gasteiger partial charge in [0.1, 0.15) is 0 Å². The van der Waals surface area contributed by atoms with E-state index in [0.717, 1.165) is 30.8 Å². The summed E-state index contributed by atoms with van der Waals surface area (Å²) >= 11 is 0. The fourth-order valence-corrected chi connectivity index (χ4v) is 2.48. The van der Waals surface area contributed by atoms with Gasteiger partial charge in [0, 0.05) is 12.6 Å². The molecule has 2 amide bonds. The molecule has 0 atom stereocenters. The van der Waals surface area contributed by atoms with Gasteiger partial charge >= 0.3 is 6.03 Å². The highest BCUT2D eigenvalue weighted by Crippen LogP contribution is 2.18. The van der Waals surface area contributed by atoms with Crippen LogP contribution >= 0.6 is 0 Å². The zero-order valence-electron chi connectivity index (χ0n) is 11.2. The Hall–Kier alpha value is -1.52. The Bertz CT molecular complexity index is 407. The average Bonchev–Trinajstić information content (AvgIpc) is 2.71.